The lowest BCUT2D eigenvalue weighted by atomic mass is 10.0. The monoisotopic (exact) mass is 450 g/mol. The van der Waals surface area contributed by atoms with E-state index in [1.807, 2.05) is 0 Å². The first kappa shape index (κ1) is 22.7. The number of carbonyl (C=O) groups excluding carboxylic acids is 3. The number of rotatable bonds is 5. The fraction of sp³-hybridized carbons (Fsp3) is 0.190. The molecule has 0 aliphatic rings. The summed E-state index contributed by atoms with van der Waals surface area (Å²) < 4.78 is 51.6. The van der Waals surface area contributed by atoms with Gasteiger partial charge in [0.05, 0.1) is 6.26 Å². The topological polar surface area (TPSA) is 107 Å². The molecular formula is C21H17F3N2O6. The molecule has 8 nitrogen and oxygen atoms in total. The van der Waals surface area contributed by atoms with Crippen LogP contribution in [-0.4, -0.2) is 30.2 Å². The quantitative estimate of drug-likeness (QED) is 0.453. The van der Waals surface area contributed by atoms with E-state index in [0.717, 1.165) is 13.0 Å². The summed E-state index contributed by atoms with van der Waals surface area (Å²) in [5.41, 5.74) is 5.70. The Kier molecular flexibility index (Phi) is 6.37. The molecule has 0 aliphatic carbocycles. The zero-order chi connectivity index (χ0) is 23.5. The van der Waals surface area contributed by atoms with Crippen LogP contribution in [0.15, 0.2) is 53.1 Å². The van der Waals surface area contributed by atoms with Crippen molar-refractivity contribution in [2.24, 2.45) is 0 Å². The average Bonchev–Trinajstić information content (AvgIpc) is 3.13. The minimum absolute atomic E-state index is 0.142. The summed E-state index contributed by atoms with van der Waals surface area (Å²) in [7, 11) is 0. The van der Waals surface area contributed by atoms with Gasteiger partial charge < -0.3 is 13.9 Å². The fourth-order valence-corrected chi connectivity index (χ4v) is 2.85. The van der Waals surface area contributed by atoms with Gasteiger partial charge in [-0.25, -0.2) is 0 Å². The van der Waals surface area contributed by atoms with Crippen molar-refractivity contribution in [3.8, 4) is 16.9 Å². The maximum atomic E-state index is 12.5. The Balaban J connectivity index is 1.80. The number of nitrogens with one attached hydrogen (secondary N) is 2. The summed E-state index contributed by atoms with van der Waals surface area (Å²) in [4.78, 5) is 35.1. The molecule has 0 fully saturated rings. The van der Waals surface area contributed by atoms with E-state index in [1.165, 1.54) is 43.5 Å². The zero-order valence-corrected chi connectivity index (χ0v) is 16.8. The number of alkyl halides is 3. The summed E-state index contributed by atoms with van der Waals surface area (Å²) in [5, 5.41) is 0.460. The second kappa shape index (κ2) is 9.00. The lowest BCUT2D eigenvalue weighted by molar-refractivity contribution is -0.274. The van der Waals surface area contributed by atoms with Gasteiger partial charge in [-0.15, -0.1) is 13.2 Å². The van der Waals surface area contributed by atoms with Crippen molar-refractivity contribution in [3.63, 3.8) is 0 Å². The summed E-state index contributed by atoms with van der Waals surface area (Å²) in [6.45, 7) is 2.48. The minimum atomic E-state index is -4.83. The number of hydrogen-bond acceptors (Lipinski definition) is 6. The third kappa shape index (κ3) is 5.56. The van der Waals surface area contributed by atoms with E-state index in [4.69, 9.17) is 9.15 Å². The van der Waals surface area contributed by atoms with Gasteiger partial charge in [-0.05, 0) is 42.8 Å². The maximum absolute atomic E-state index is 12.5. The van der Waals surface area contributed by atoms with Gasteiger partial charge in [-0.1, -0.05) is 12.1 Å². The van der Waals surface area contributed by atoms with Crippen LogP contribution in [0.2, 0.25) is 0 Å². The third-order valence-electron chi connectivity index (χ3n) is 4.23. The number of ether oxygens (including phenoxy) is 2. The second-order valence-electron chi connectivity index (χ2n) is 6.63. The van der Waals surface area contributed by atoms with Crippen molar-refractivity contribution >= 4 is 28.8 Å². The van der Waals surface area contributed by atoms with Gasteiger partial charge in [0, 0.05) is 23.4 Å². The molecule has 0 saturated heterocycles. The van der Waals surface area contributed by atoms with E-state index in [9.17, 15) is 27.6 Å². The van der Waals surface area contributed by atoms with E-state index in [2.05, 4.69) is 15.6 Å². The first-order chi connectivity index (χ1) is 15.0. The highest BCUT2D eigenvalue weighted by Gasteiger charge is 2.31. The van der Waals surface area contributed by atoms with Gasteiger partial charge >= 0.3 is 12.3 Å². The van der Waals surface area contributed by atoms with Crippen molar-refractivity contribution in [2.45, 2.75) is 26.3 Å². The van der Waals surface area contributed by atoms with Crippen molar-refractivity contribution in [1.82, 2.24) is 10.9 Å². The number of esters is 1. The van der Waals surface area contributed by atoms with Crippen LogP contribution in [0.1, 0.15) is 24.2 Å². The summed E-state index contributed by atoms with van der Waals surface area (Å²) in [6.07, 6.45) is -4.59. The molecule has 0 spiro atoms. The van der Waals surface area contributed by atoms with Crippen LogP contribution in [0, 0.1) is 0 Å². The number of halogens is 3. The normalized spacial score (nSPS) is 12.2. The molecule has 1 unspecified atom stereocenters. The van der Waals surface area contributed by atoms with Crippen LogP contribution >= 0.6 is 0 Å². The minimum Gasteiger partial charge on any atom is -0.464 e. The zero-order valence-electron chi connectivity index (χ0n) is 16.8. The van der Waals surface area contributed by atoms with Crippen LogP contribution in [-0.2, 0) is 14.3 Å². The molecule has 168 valence electrons. The van der Waals surface area contributed by atoms with Crippen LogP contribution in [0.25, 0.3) is 22.1 Å². The van der Waals surface area contributed by atoms with E-state index < -0.39 is 36.0 Å². The number of benzene rings is 2. The number of hydrogen-bond donors (Lipinski definition) is 2. The first-order valence-electron chi connectivity index (χ1n) is 9.18. The summed E-state index contributed by atoms with van der Waals surface area (Å²) >= 11 is 0. The fourth-order valence-electron chi connectivity index (χ4n) is 2.85. The molecule has 1 atom stereocenters. The van der Waals surface area contributed by atoms with Gasteiger partial charge in [-0.3, -0.25) is 25.2 Å². The van der Waals surface area contributed by atoms with E-state index in [0.29, 0.717) is 22.1 Å². The Hall–Kier alpha value is -4.02. The molecule has 3 aromatic rings. The van der Waals surface area contributed by atoms with Gasteiger partial charge in [-0.2, -0.15) is 0 Å². The number of hydrazine groups is 1. The van der Waals surface area contributed by atoms with Crippen molar-refractivity contribution < 1.29 is 41.4 Å². The highest BCUT2D eigenvalue weighted by Crippen LogP contribution is 2.34. The number of fused-ring (bicyclic) bond motifs is 1. The van der Waals surface area contributed by atoms with Crippen LogP contribution in [0.5, 0.6) is 5.75 Å². The highest BCUT2D eigenvalue weighted by molar-refractivity contribution is 6.02. The molecule has 0 saturated carbocycles. The maximum Gasteiger partial charge on any atom is 0.573 e. The van der Waals surface area contributed by atoms with E-state index in [-0.39, 0.29) is 5.56 Å². The Bertz CT molecular complexity index is 1170. The smallest absolute Gasteiger partial charge is 0.464 e. The Labute approximate surface area is 179 Å². The SMILES string of the molecule is CC(=O)OC(C)C(=O)NNC(=O)c1ccc2occ(-c3cccc(OC(F)(F)F)c3)c2c1. The standard InChI is InChI=1S/C21H17F3N2O6/c1-11(31-12(2)27)19(28)25-26-20(29)14-6-7-18-16(9-14)17(10-30-18)13-4-3-5-15(8-13)32-21(22,23)24/h3-11H,1-2H3,(H,25,28)(H,26,29). The molecule has 0 aliphatic heterocycles. The predicted octanol–water partition coefficient (Wildman–Crippen LogP) is 3.71. The van der Waals surface area contributed by atoms with Crippen molar-refractivity contribution in [2.75, 3.05) is 0 Å². The lowest BCUT2D eigenvalue weighted by Crippen LogP contribution is -2.46. The molecule has 0 bridgehead atoms. The molecule has 0 radical (unpaired) electrons. The van der Waals surface area contributed by atoms with Gasteiger partial charge in [0.15, 0.2) is 6.10 Å². The summed E-state index contributed by atoms with van der Waals surface area (Å²) in [5.74, 6) is -2.46. The predicted molar refractivity (Wildman–Crippen MR) is 105 cm³/mol. The van der Waals surface area contributed by atoms with Crippen molar-refractivity contribution in [3.05, 3.63) is 54.3 Å². The largest absolute Gasteiger partial charge is 0.573 e. The molecule has 2 amide bonds. The molecule has 32 heavy (non-hydrogen) atoms. The molecule has 2 aromatic carbocycles. The van der Waals surface area contributed by atoms with Crippen LogP contribution in [0.4, 0.5) is 13.2 Å². The molecular weight excluding hydrogens is 433 g/mol. The lowest BCUT2D eigenvalue weighted by Gasteiger charge is -2.13. The molecule has 3 rings (SSSR count). The Morgan fingerprint density at radius 2 is 1.81 bits per heavy atom. The molecule has 1 heterocycles. The molecule has 2 N–H and O–H groups in total. The van der Waals surface area contributed by atoms with Gasteiger partial charge in [0.2, 0.25) is 0 Å². The van der Waals surface area contributed by atoms with E-state index in [1.54, 1.807) is 6.07 Å². The van der Waals surface area contributed by atoms with Gasteiger partial charge in [0.1, 0.15) is 11.3 Å². The van der Waals surface area contributed by atoms with E-state index >= 15 is 0 Å². The van der Waals surface area contributed by atoms with Crippen molar-refractivity contribution in [1.29, 1.82) is 0 Å². The molecule has 1 aromatic heterocycles. The summed E-state index contributed by atoms with van der Waals surface area (Å²) in [6, 6.07) is 9.73. The number of carbonyl (C=O) groups is 3. The number of furan rings is 1. The Morgan fingerprint density at radius 3 is 2.50 bits per heavy atom. The Morgan fingerprint density at radius 1 is 1.06 bits per heavy atom. The first-order valence-corrected chi connectivity index (χ1v) is 9.18. The second-order valence-corrected chi connectivity index (χ2v) is 6.63. The third-order valence-corrected chi connectivity index (χ3v) is 4.23. The average molecular weight is 450 g/mol. The number of amides is 2. The van der Waals surface area contributed by atoms with Crippen LogP contribution < -0.4 is 15.6 Å². The molecule has 11 heteroatoms. The van der Waals surface area contributed by atoms with Crippen LogP contribution in [0.3, 0.4) is 0 Å². The highest BCUT2D eigenvalue weighted by atomic mass is 19.4. The van der Waals surface area contributed by atoms with Gasteiger partial charge in [0.25, 0.3) is 11.8 Å².